The van der Waals surface area contributed by atoms with E-state index in [0.29, 0.717) is 5.46 Å². The molecule has 19 heavy (non-hydrogen) atoms. The quantitative estimate of drug-likeness (QED) is 0.771. The lowest BCUT2D eigenvalue weighted by atomic mass is 9.79. The first-order chi connectivity index (χ1) is 8.68. The zero-order chi connectivity index (χ0) is 14.4. The molecule has 0 atom stereocenters. The van der Waals surface area contributed by atoms with E-state index in [1.165, 1.54) is 19.2 Å². The number of rotatable bonds is 2. The van der Waals surface area contributed by atoms with Gasteiger partial charge in [0.25, 0.3) is 0 Å². The van der Waals surface area contributed by atoms with Crippen molar-refractivity contribution in [3.05, 3.63) is 23.8 Å². The van der Waals surface area contributed by atoms with Gasteiger partial charge in [-0.1, -0.05) is 0 Å². The van der Waals surface area contributed by atoms with Crippen molar-refractivity contribution in [2.24, 2.45) is 0 Å². The first-order valence-electron chi connectivity index (χ1n) is 6.06. The maximum Gasteiger partial charge on any atom is 0.495 e. The lowest BCUT2D eigenvalue weighted by molar-refractivity contribution is 0.00578. The van der Waals surface area contributed by atoms with E-state index in [4.69, 9.17) is 9.31 Å². The summed E-state index contributed by atoms with van der Waals surface area (Å²) in [6.07, 6.45) is 0. The third-order valence-corrected chi connectivity index (χ3v) is 3.75. The smallest absolute Gasteiger partial charge is 0.491 e. The summed E-state index contributed by atoms with van der Waals surface area (Å²) in [6, 6.07) is 2.34. The zero-order valence-electron chi connectivity index (χ0n) is 11.7. The second kappa shape index (κ2) is 4.46. The molecule has 6 heteroatoms. The minimum absolute atomic E-state index is 0.300. The van der Waals surface area contributed by atoms with Crippen LogP contribution in [0.5, 0.6) is 5.75 Å². The lowest BCUT2D eigenvalue weighted by Gasteiger charge is -2.32. The van der Waals surface area contributed by atoms with Gasteiger partial charge in [-0.2, -0.15) is 0 Å². The molecule has 0 radical (unpaired) electrons. The van der Waals surface area contributed by atoms with Gasteiger partial charge in [-0.05, 0) is 45.3 Å². The van der Waals surface area contributed by atoms with Crippen LogP contribution in [0.4, 0.5) is 8.78 Å². The van der Waals surface area contributed by atoms with Crippen molar-refractivity contribution in [2.45, 2.75) is 38.9 Å². The highest BCUT2D eigenvalue weighted by Gasteiger charge is 2.52. The molecule has 1 aromatic carbocycles. The molecule has 3 nitrogen and oxygen atoms in total. The zero-order valence-corrected chi connectivity index (χ0v) is 11.7. The Morgan fingerprint density at radius 2 is 1.42 bits per heavy atom. The van der Waals surface area contributed by atoms with Crippen LogP contribution in [0.3, 0.4) is 0 Å². The van der Waals surface area contributed by atoms with Crippen LogP contribution in [0.2, 0.25) is 0 Å². The van der Waals surface area contributed by atoms with Crippen LogP contribution in [0, 0.1) is 11.6 Å². The number of benzene rings is 1. The van der Waals surface area contributed by atoms with E-state index < -0.39 is 35.7 Å². The molecule has 1 aliphatic heterocycles. The predicted molar refractivity (Wildman–Crippen MR) is 68.6 cm³/mol. The fraction of sp³-hybridized carbons (Fsp3) is 0.538. The number of halogens is 2. The SMILES string of the molecule is COc1c(F)cc(B2OC(C)(C)C(C)(C)O2)cc1F. The maximum atomic E-state index is 13.7. The third-order valence-electron chi connectivity index (χ3n) is 3.75. The Morgan fingerprint density at radius 1 is 1.00 bits per heavy atom. The normalized spacial score (nSPS) is 20.7. The van der Waals surface area contributed by atoms with Gasteiger partial charge < -0.3 is 14.0 Å². The van der Waals surface area contributed by atoms with E-state index in [2.05, 4.69) is 4.74 Å². The van der Waals surface area contributed by atoms with Crippen LogP contribution < -0.4 is 10.2 Å². The largest absolute Gasteiger partial charge is 0.495 e. The van der Waals surface area contributed by atoms with E-state index in [1.807, 2.05) is 27.7 Å². The molecule has 2 rings (SSSR count). The second-order valence-electron chi connectivity index (χ2n) is 5.61. The summed E-state index contributed by atoms with van der Waals surface area (Å²) in [5.74, 6) is -1.94. The molecule has 0 bridgehead atoms. The molecule has 0 unspecified atom stereocenters. The van der Waals surface area contributed by atoms with Crippen LogP contribution >= 0.6 is 0 Å². The Morgan fingerprint density at radius 3 is 1.79 bits per heavy atom. The minimum Gasteiger partial charge on any atom is -0.491 e. The summed E-state index contributed by atoms with van der Waals surface area (Å²) in [5.41, 5.74) is -0.802. The van der Waals surface area contributed by atoms with Gasteiger partial charge in [-0.3, -0.25) is 0 Å². The lowest BCUT2D eigenvalue weighted by Crippen LogP contribution is -2.41. The monoisotopic (exact) mass is 270 g/mol. The molecule has 1 heterocycles. The average Bonchev–Trinajstić information content (AvgIpc) is 2.47. The second-order valence-corrected chi connectivity index (χ2v) is 5.61. The van der Waals surface area contributed by atoms with Gasteiger partial charge in [0, 0.05) is 0 Å². The van der Waals surface area contributed by atoms with Crippen LogP contribution in [0.15, 0.2) is 12.1 Å². The van der Waals surface area contributed by atoms with Crippen molar-refractivity contribution in [2.75, 3.05) is 7.11 Å². The molecule has 0 aromatic heterocycles. The van der Waals surface area contributed by atoms with Crippen molar-refractivity contribution in [3.8, 4) is 5.75 Å². The maximum absolute atomic E-state index is 13.7. The molecule has 0 N–H and O–H groups in total. The summed E-state index contributed by atoms with van der Waals surface area (Å²) < 4.78 is 43.5. The fourth-order valence-corrected chi connectivity index (χ4v) is 1.89. The Kier molecular flexibility index (Phi) is 3.35. The van der Waals surface area contributed by atoms with E-state index in [-0.39, 0.29) is 0 Å². The van der Waals surface area contributed by atoms with E-state index in [0.717, 1.165) is 0 Å². The third kappa shape index (κ3) is 2.34. The van der Waals surface area contributed by atoms with Gasteiger partial charge in [-0.15, -0.1) is 0 Å². The van der Waals surface area contributed by atoms with Gasteiger partial charge in [0.15, 0.2) is 17.4 Å². The van der Waals surface area contributed by atoms with Gasteiger partial charge >= 0.3 is 7.12 Å². The Hall–Kier alpha value is -1.14. The van der Waals surface area contributed by atoms with Crippen LogP contribution in [-0.2, 0) is 9.31 Å². The molecule has 0 saturated carbocycles. The predicted octanol–water partition coefficient (Wildman–Crippen LogP) is 2.27. The van der Waals surface area contributed by atoms with Crippen LogP contribution in [0.25, 0.3) is 0 Å². The van der Waals surface area contributed by atoms with Gasteiger partial charge in [0.05, 0.1) is 18.3 Å². The van der Waals surface area contributed by atoms with Crippen molar-refractivity contribution >= 4 is 12.6 Å². The van der Waals surface area contributed by atoms with Crippen molar-refractivity contribution in [1.82, 2.24) is 0 Å². The average molecular weight is 270 g/mol. The molecule has 1 aromatic rings. The van der Waals surface area contributed by atoms with E-state index in [9.17, 15) is 8.78 Å². The molecule has 0 spiro atoms. The summed E-state index contributed by atoms with van der Waals surface area (Å²) in [4.78, 5) is 0. The Balaban J connectivity index is 2.35. The number of hydrogen-bond acceptors (Lipinski definition) is 3. The van der Waals surface area contributed by atoms with Crippen LogP contribution in [0.1, 0.15) is 27.7 Å². The summed E-state index contributed by atoms with van der Waals surface area (Å²) >= 11 is 0. The Labute approximate surface area is 112 Å². The van der Waals surface area contributed by atoms with Gasteiger partial charge in [0.2, 0.25) is 0 Å². The highest BCUT2D eigenvalue weighted by atomic mass is 19.1. The first-order valence-corrected chi connectivity index (χ1v) is 6.06. The topological polar surface area (TPSA) is 27.7 Å². The fourth-order valence-electron chi connectivity index (χ4n) is 1.89. The highest BCUT2D eigenvalue weighted by Crippen LogP contribution is 2.36. The van der Waals surface area contributed by atoms with Crippen molar-refractivity contribution < 1.29 is 22.8 Å². The number of hydrogen-bond donors (Lipinski definition) is 0. The first kappa shape index (κ1) is 14.3. The minimum atomic E-state index is -0.792. The standard InChI is InChI=1S/C13H17BF2O3/c1-12(2)13(3,4)19-14(18-12)8-6-9(15)11(17-5)10(16)7-8/h6-7H,1-5H3. The highest BCUT2D eigenvalue weighted by molar-refractivity contribution is 6.62. The summed E-state index contributed by atoms with van der Waals surface area (Å²) in [5, 5.41) is 0. The molecule has 1 aliphatic rings. The van der Waals surface area contributed by atoms with Crippen LogP contribution in [-0.4, -0.2) is 25.4 Å². The van der Waals surface area contributed by atoms with Gasteiger partial charge in [0.1, 0.15) is 0 Å². The van der Waals surface area contributed by atoms with E-state index >= 15 is 0 Å². The molecular formula is C13H17BF2O3. The summed E-state index contributed by atoms with van der Waals surface area (Å²) in [7, 11) is 0.426. The molecule has 0 aliphatic carbocycles. The summed E-state index contributed by atoms with van der Waals surface area (Å²) in [6.45, 7) is 7.51. The molecule has 1 fully saturated rings. The number of methoxy groups -OCH3 is 1. The van der Waals surface area contributed by atoms with Gasteiger partial charge in [-0.25, -0.2) is 8.78 Å². The Bertz CT molecular complexity index is 464. The van der Waals surface area contributed by atoms with Crippen molar-refractivity contribution in [1.29, 1.82) is 0 Å². The molecule has 104 valence electrons. The van der Waals surface area contributed by atoms with E-state index in [1.54, 1.807) is 0 Å². The molecule has 0 amide bonds. The van der Waals surface area contributed by atoms with Crippen molar-refractivity contribution in [3.63, 3.8) is 0 Å². The molecular weight excluding hydrogens is 253 g/mol. The number of ether oxygens (including phenoxy) is 1. The molecule has 1 saturated heterocycles.